The molecule has 1 aromatic heterocycles. The van der Waals surface area contributed by atoms with Gasteiger partial charge < -0.3 is 0 Å². The standard InChI is InChI=1S/C66H40N4/c67-41-55-16-8-17-56(46-29-22-43(23-30-46)44-24-31-47(32-25-44)57-18-9-20-59-58-19-6-14-48-15-7-21-60(62(48)58)63(57)59)61(55)49-33-37-52(38-34-49)66-69-64(50-11-2-1-3-12-50)68-65(70-66)51-35-26-45(27-36-51)54-39-28-42-10-4-5-13-53(42)40-54/h1-40H. The molecule has 0 saturated heterocycles. The van der Waals surface area contributed by atoms with Gasteiger partial charge in [-0.15, -0.1) is 0 Å². The highest BCUT2D eigenvalue weighted by Gasteiger charge is 2.24. The van der Waals surface area contributed by atoms with Gasteiger partial charge in [0.05, 0.1) is 11.6 Å². The zero-order chi connectivity index (χ0) is 46.5. The summed E-state index contributed by atoms with van der Waals surface area (Å²) in [5.74, 6) is 1.77. The summed E-state index contributed by atoms with van der Waals surface area (Å²) in [7, 11) is 0. The van der Waals surface area contributed by atoms with Crippen molar-refractivity contribution in [3.8, 4) is 118 Å². The van der Waals surface area contributed by atoms with Gasteiger partial charge in [0.25, 0.3) is 0 Å². The quantitative estimate of drug-likeness (QED) is 0.152. The molecule has 13 rings (SSSR count). The number of nitrogens with zero attached hydrogens (tertiary/aromatic N) is 4. The summed E-state index contributed by atoms with van der Waals surface area (Å²) in [6.45, 7) is 0. The van der Waals surface area contributed by atoms with Crippen LogP contribution in [0.4, 0.5) is 0 Å². The van der Waals surface area contributed by atoms with Gasteiger partial charge in [-0.05, 0) is 106 Å². The van der Waals surface area contributed by atoms with E-state index in [9.17, 15) is 5.26 Å². The predicted octanol–water partition coefficient (Wildman–Crippen LogP) is 17.0. The summed E-state index contributed by atoms with van der Waals surface area (Å²) in [6.07, 6.45) is 0. The van der Waals surface area contributed by atoms with E-state index in [1.54, 1.807) is 0 Å². The molecule has 0 atom stereocenters. The van der Waals surface area contributed by atoms with E-state index in [4.69, 9.17) is 15.0 Å². The fraction of sp³-hybridized carbons (Fsp3) is 0. The number of nitriles is 1. The Hall–Kier alpha value is -9.56. The fourth-order valence-corrected chi connectivity index (χ4v) is 10.3. The first-order valence-corrected chi connectivity index (χ1v) is 23.6. The lowest BCUT2D eigenvalue weighted by Crippen LogP contribution is -2.00. The van der Waals surface area contributed by atoms with Crippen LogP contribution in [0, 0.1) is 11.3 Å². The van der Waals surface area contributed by atoms with E-state index in [2.05, 4.69) is 194 Å². The molecular weight excluding hydrogens is 849 g/mol. The predicted molar refractivity (Wildman–Crippen MR) is 287 cm³/mol. The number of rotatable bonds is 8. The van der Waals surface area contributed by atoms with Crippen LogP contribution in [0.5, 0.6) is 0 Å². The largest absolute Gasteiger partial charge is 0.208 e. The number of fused-ring (bicyclic) bond motifs is 4. The molecule has 12 aromatic rings. The molecular formula is C66H40N4. The Kier molecular flexibility index (Phi) is 9.85. The van der Waals surface area contributed by atoms with E-state index in [0.29, 0.717) is 23.0 Å². The SMILES string of the molecule is N#Cc1cccc(-c2ccc(-c3ccc(-c4cccc5c4-c4cccc6cccc-5c46)cc3)cc2)c1-c1ccc(-c2nc(-c3ccccc3)nc(-c3ccc(-c4ccc5ccccc5c4)cc3)n2)cc1. The van der Waals surface area contributed by atoms with Crippen molar-refractivity contribution in [2.45, 2.75) is 0 Å². The lowest BCUT2D eigenvalue weighted by atomic mass is 9.89. The molecule has 0 bridgehead atoms. The molecule has 0 unspecified atom stereocenters. The van der Waals surface area contributed by atoms with Crippen molar-refractivity contribution >= 4 is 21.5 Å². The van der Waals surface area contributed by atoms with Gasteiger partial charge in [-0.25, -0.2) is 15.0 Å². The highest BCUT2D eigenvalue weighted by atomic mass is 15.0. The summed E-state index contributed by atoms with van der Waals surface area (Å²) in [5, 5.41) is 15.5. The van der Waals surface area contributed by atoms with Crippen LogP contribution >= 0.6 is 0 Å². The van der Waals surface area contributed by atoms with Gasteiger partial charge in [-0.3, -0.25) is 0 Å². The maximum absolute atomic E-state index is 10.4. The van der Waals surface area contributed by atoms with E-state index in [1.807, 2.05) is 54.6 Å². The highest BCUT2D eigenvalue weighted by Crippen LogP contribution is 2.51. The Morgan fingerprint density at radius 2 is 0.671 bits per heavy atom. The molecule has 0 aliphatic heterocycles. The average molecular weight is 889 g/mol. The zero-order valence-corrected chi connectivity index (χ0v) is 37.9. The second-order valence-electron chi connectivity index (χ2n) is 17.8. The number of benzene rings is 11. The molecule has 324 valence electrons. The van der Waals surface area contributed by atoms with E-state index >= 15 is 0 Å². The minimum atomic E-state index is 0.572. The average Bonchev–Trinajstić information content (AvgIpc) is 3.78. The molecule has 1 heterocycles. The second kappa shape index (κ2) is 16.9. The van der Waals surface area contributed by atoms with Crippen molar-refractivity contribution in [1.82, 2.24) is 15.0 Å². The Balaban J connectivity index is 0.795. The van der Waals surface area contributed by atoms with Crippen LogP contribution in [-0.2, 0) is 0 Å². The van der Waals surface area contributed by atoms with E-state index in [-0.39, 0.29) is 0 Å². The first kappa shape index (κ1) is 40.7. The van der Waals surface area contributed by atoms with Crippen LogP contribution in [-0.4, -0.2) is 15.0 Å². The first-order chi connectivity index (χ1) is 34.6. The van der Waals surface area contributed by atoms with Gasteiger partial charge in [0, 0.05) is 22.3 Å². The van der Waals surface area contributed by atoms with Gasteiger partial charge in [-0.2, -0.15) is 5.26 Å². The minimum absolute atomic E-state index is 0.572. The second-order valence-corrected chi connectivity index (χ2v) is 17.8. The Morgan fingerprint density at radius 1 is 0.257 bits per heavy atom. The molecule has 0 amide bonds. The molecule has 0 fully saturated rings. The molecule has 4 nitrogen and oxygen atoms in total. The van der Waals surface area contributed by atoms with Crippen molar-refractivity contribution in [2.75, 3.05) is 0 Å². The first-order valence-electron chi connectivity index (χ1n) is 23.6. The molecule has 1 aliphatic rings. The van der Waals surface area contributed by atoms with Crippen molar-refractivity contribution in [3.05, 3.63) is 248 Å². The summed E-state index contributed by atoms with van der Waals surface area (Å²) >= 11 is 0. The van der Waals surface area contributed by atoms with Gasteiger partial charge in [0.1, 0.15) is 0 Å². The highest BCUT2D eigenvalue weighted by molar-refractivity contribution is 6.18. The van der Waals surface area contributed by atoms with E-state index in [1.165, 1.54) is 54.9 Å². The van der Waals surface area contributed by atoms with E-state index < -0.39 is 0 Å². The summed E-state index contributed by atoms with van der Waals surface area (Å²) < 4.78 is 0. The molecule has 0 saturated carbocycles. The maximum atomic E-state index is 10.4. The molecule has 4 heteroatoms. The van der Waals surface area contributed by atoms with Crippen molar-refractivity contribution in [2.24, 2.45) is 0 Å². The molecule has 0 spiro atoms. The Morgan fingerprint density at radius 3 is 1.29 bits per heavy atom. The van der Waals surface area contributed by atoms with Crippen LogP contribution in [0.2, 0.25) is 0 Å². The summed E-state index contributed by atoms with van der Waals surface area (Å²) in [5.41, 5.74) is 19.3. The minimum Gasteiger partial charge on any atom is -0.208 e. The van der Waals surface area contributed by atoms with Crippen LogP contribution in [0.15, 0.2) is 243 Å². The van der Waals surface area contributed by atoms with Crippen molar-refractivity contribution in [1.29, 1.82) is 5.26 Å². The molecule has 0 N–H and O–H groups in total. The van der Waals surface area contributed by atoms with E-state index in [0.717, 1.165) is 61.2 Å². The topological polar surface area (TPSA) is 62.5 Å². The van der Waals surface area contributed by atoms with Gasteiger partial charge in [0.15, 0.2) is 17.5 Å². The van der Waals surface area contributed by atoms with Gasteiger partial charge in [-0.1, -0.05) is 231 Å². The third-order valence-corrected chi connectivity index (χ3v) is 13.8. The van der Waals surface area contributed by atoms with Crippen LogP contribution in [0.3, 0.4) is 0 Å². The Labute approximate surface area is 406 Å². The molecule has 1 aliphatic carbocycles. The number of hydrogen-bond acceptors (Lipinski definition) is 4. The molecule has 11 aromatic carbocycles. The van der Waals surface area contributed by atoms with Gasteiger partial charge >= 0.3 is 0 Å². The Bertz CT molecular complexity index is 4010. The van der Waals surface area contributed by atoms with Crippen LogP contribution in [0.25, 0.3) is 134 Å². The third kappa shape index (κ3) is 7.13. The molecule has 0 radical (unpaired) electrons. The number of hydrogen-bond donors (Lipinski definition) is 0. The lowest BCUT2D eigenvalue weighted by Gasteiger charge is -2.14. The summed E-state index contributed by atoms with van der Waals surface area (Å²) in [6, 6.07) is 87.6. The van der Waals surface area contributed by atoms with Crippen LogP contribution in [0.1, 0.15) is 5.56 Å². The smallest absolute Gasteiger partial charge is 0.164 e. The monoisotopic (exact) mass is 888 g/mol. The van der Waals surface area contributed by atoms with Crippen molar-refractivity contribution < 1.29 is 0 Å². The fourth-order valence-electron chi connectivity index (χ4n) is 10.3. The number of aromatic nitrogens is 3. The third-order valence-electron chi connectivity index (χ3n) is 13.8. The van der Waals surface area contributed by atoms with Gasteiger partial charge in [0.2, 0.25) is 0 Å². The zero-order valence-electron chi connectivity index (χ0n) is 37.9. The lowest BCUT2D eigenvalue weighted by molar-refractivity contribution is 1.07. The summed E-state index contributed by atoms with van der Waals surface area (Å²) in [4.78, 5) is 15.0. The van der Waals surface area contributed by atoms with Crippen molar-refractivity contribution in [3.63, 3.8) is 0 Å². The maximum Gasteiger partial charge on any atom is 0.164 e. The normalized spacial score (nSPS) is 11.4. The van der Waals surface area contributed by atoms with Crippen LogP contribution < -0.4 is 0 Å². The molecule has 70 heavy (non-hydrogen) atoms.